The number of ether oxygens (including phenoxy) is 2. The Bertz CT molecular complexity index is 769. The topological polar surface area (TPSA) is 18.5 Å². The van der Waals surface area contributed by atoms with E-state index in [0.29, 0.717) is 16.3 Å². The summed E-state index contributed by atoms with van der Waals surface area (Å²) >= 11 is 6.15. The van der Waals surface area contributed by atoms with Crippen LogP contribution >= 0.6 is 11.6 Å². The van der Waals surface area contributed by atoms with E-state index in [4.69, 9.17) is 21.1 Å². The Labute approximate surface area is 136 Å². The van der Waals surface area contributed by atoms with Crippen LogP contribution in [0.2, 0.25) is 5.02 Å². The molecule has 0 unspecified atom stereocenters. The molecule has 3 rings (SSSR count). The highest BCUT2D eigenvalue weighted by Gasteiger charge is 2.41. The molecule has 2 aromatic rings. The predicted octanol–water partition coefficient (Wildman–Crippen LogP) is 5.78. The first-order valence-corrected chi connectivity index (χ1v) is 7.21. The van der Waals surface area contributed by atoms with E-state index >= 15 is 0 Å². The van der Waals surface area contributed by atoms with Crippen molar-refractivity contribution in [2.45, 2.75) is 19.2 Å². The van der Waals surface area contributed by atoms with Gasteiger partial charge in [-0.1, -0.05) is 35.9 Å². The van der Waals surface area contributed by atoms with Gasteiger partial charge in [0.2, 0.25) is 6.10 Å². The van der Waals surface area contributed by atoms with Crippen LogP contribution in [0, 0.1) is 6.92 Å². The molecule has 0 bridgehead atoms. The van der Waals surface area contributed by atoms with Crippen LogP contribution in [0.5, 0.6) is 17.2 Å². The fourth-order valence-corrected chi connectivity index (χ4v) is 2.40. The van der Waals surface area contributed by atoms with Crippen molar-refractivity contribution < 1.29 is 22.6 Å². The van der Waals surface area contributed by atoms with Crippen LogP contribution in [0.15, 0.2) is 42.5 Å². The first-order valence-electron chi connectivity index (χ1n) is 6.83. The third-order valence-electron chi connectivity index (χ3n) is 3.40. The van der Waals surface area contributed by atoms with Gasteiger partial charge in [0.05, 0.1) is 5.02 Å². The fourth-order valence-electron chi connectivity index (χ4n) is 2.19. The van der Waals surface area contributed by atoms with Crippen LogP contribution in [0.1, 0.15) is 11.1 Å². The minimum absolute atomic E-state index is 0.0859. The van der Waals surface area contributed by atoms with Crippen LogP contribution in [-0.2, 0) is 0 Å². The second-order valence-electron chi connectivity index (χ2n) is 5.13. The Balaban J connectivity index is 1.93. The van der Waals surface area contributed by atoms with Gasteiger partial charge in [0, 0.05) is 11.6 Å². The molecule has 0 N–H and O–H groups in total. The maximum atomic E-state index is 12.8. The molecule has 2 nitrogen and oxygen atoms in total. The van der Waals surface area contributed by atoms with Crippen LogP contribution in [0.25, 0.3) is 6.08 Å². The molecular weight excluding hydrogens is 329 g/mol. The van der Waals surface area contributed by atoms with Crippen molar-refractivity contribution in [2.75, 3.05) is 0 Å². The number of para-hydroxylation sites is 1. The molecule has 2 aromatic carbocycles. The van der Waals surface area contributed by atoms with Gasteiger partial charge in [-0.15, -0.1) is 0 Å². The second-order valence-corrected chi connectivity index (χ2v) is 5.53. The first-order chi connectivity index (χ1) is 10.8. The van der Waals surface area contributed by atoms with Crippen LogP contribution in [0.4, 0.5) is 13.2 Å². The molecule has 0 aromatic heterocycles. The molecular formula is C17H12ClF3O2. The molecule has 0 amide bonds. The van der Waals surface area contributed by atoms with Crippen molar-refractivity contribution in [1.29, 1.82) is 0 Å². The number of hydrogen-bond acceptors (Lipinski definition) is 2. The summed E-state index contributed by atoms with van der Waals surface area (Å²) in [5.74, 6) is 0.909. The zero-order chi connectivity index (χ0) is 16.6. The molecule has 1 aliphatic heterocycles. The number of hydrogen-bond donors (Lipinski definition) is 0. The van der Waals surface area contributed by atoms with E-state index in [2.05, 4.69) is 0 Å². The van der Waals surface area contributed by atoms with Gasteiger partial charge in [0.1, 0.15) is 17.2 Å². The quantitative estimate of drug-likeness (QED) is 0.690. The second kappa shape index (κ2) is 5.81. The Hall–Kier alpha value is -2.14. The summed E-state index contributed by atoms with van der Waals surface area (Å²) in [7, 11) is 0. The van der Waals surface area contributed by atoms with Gasteiger partial charge in [0.25, 0.3) is 0 Å². The van der Waals surface area contributed by atoms with Gasteiger partial charge < -0.3 is 9.47 Å². The van der Waals surface area contributed by atoms with E-state index in [0.717, 1.165) is 11.6 Å². The maximum Gasteiger partial charge on any atom is 0.429 e. The minimum atomic E-state index is -4.47. The third kappa shape index (κ3) is 3.29. The number of rotatable bonds is 2. The highest BCUT2D eigenvalue weighted by atomic mass is 35.5. The largest absolute Gasteiger partial charge is 0.476 e. The van der Waals surface area contributed by atoms with E-state index in [9.17, 15) is 13.2 Å². The Morgan fingerprint density at radius 1 is 1.13 bits per heavy atom. The zero-order valence-electron chi connectivity index (χ0n) is 12.0. The molecule has 0 radical (unpaired) electrons. The molecule has 0 spiro atoms. The molecule has 0 saturated carbocycles. The van der Waals surface area contributed by atoms with Crippen LogP contribution in [0.3, 0.4) is 0 Å². The molecule has 6 heteroatoms. The molecule has 0 fully saturated rings. The van der Waals surface area contributed by atoms with Gasteiger partial charge >= 0.3 is 6.18 Å². The lowest BCUT2D eigenvalue weighted by molar-refractivity contribution is -0.180. The van der Waals surface area contributed by atoms with Crippen molar-refractivity contribution in [3.63, 3.8) is 0 Å². The zero-order valence-corrected chi connectivity index (χ0v) is 12.8. The molecule has 1 atom stereocenters. The number of aryl methyl sites for hydroxylation is 1. The van der Waals surface area contributed by atoms with Crippen molar-refractivity contribution in [3.8, 4) is 17.2 Å². The Morgan fingerprint density at radius 3 is 2.57 bits per heavy atom. The van der Waals surface area contributed by atoms with Crippen molar-refractivity contribution in [1.82, 2.24) is 0 Å². The minimum Gasteiger partial charge on any atom is -0.476 e. The van der Waals surface area contributed by atoms with Gasteiger partial charge in [-0.05, 0) is 30.7 Å². The summed E-state index contributed by atoms with van der Waals surface area (Å²) < 4.78 is 49.1. The van der Waals surface area contributed by atoms with Crippen molar-refractivity contribution >= 4 is 17.7 Å². The summed E-state index contributed by atoms with van der Waals surface area (Å²) in [6.07, 6.45) is -4.13. The SMILES string of the molecule is Cc1ccccc1Oc1cc2c(cc1Cl)C=C[C@H](C(F)(F)F)O2. The number of halogens is 4. The third-order valence-corrected chi connectivity index (χ3v) is 3.70. The van der Waals surface area contributed by atoms with Gasteiger partial charge in [-0.2, -0.15) is 13.2 Å². The van der Waals surface area contributed by atoms with Gasteiger partial charge in [-0.3, -0.25) is 0 Å². The number of fused-ring (bicyclic) bond motifs is 1. The Morgan fingerprint density at radius 2 is 1.87 bits per heavy atom. The fraction of sp³-hybridized carbons (Fsp3) is 0.176. The predicted molar refractivity (Wildman–Crippen MR) is 82.2 cm³/mol. The molecule has 120 valence electrons. The lowest BCUT2D eigenvalue weighted by Gasteiger charge is -2.24. The summed E-state index contributed by atoms with van der Waals surface area (Å²) in [4.78, 5) is 0. The van der Waals surface area contributed by atoms with E-state index in [-0.39, 0.29) is 11.5 Å². The average molecular weight is 341 g/mol. The van der Waals surface area contributed by atoms with E-state index in [1.54, 1.807) is 12.1 Å². The monoisotopic (exact) mass is 340 g/mol. The molecule has 0 aliphatic carbocycles. The lowest BCUT2D eigenvalue weighted by Crippen LogP contribution is -2.33. The number of benzene rings is 2. The summed E-state index contributed by atoms with van der Waals surface area (Å²) in [6, 6.07) is 10.2. The van der Waals surface area contributed by atoms with Crippen LogP contribution < -0.4 is 9.47 Å². The highest BCUT2D eigenvalue weighted by Crippen LogP contribution is 2.40. The molecule has 0 saturated heterocycles. The smallest absolute Gasteiger partial charge is 0.429 e. The molecule has 1 heterocycles. The summed E-state index contributed by atoms with van der Waals surface area (Å²) in [5, 5.41) is 0.297. The van der Waals surface area contributed by atoms with E-state index < -0.39 is 12.3 Å². The average Bonchev–Trinajstić information content (AvgIpc) is 2.49. The summed E-state index contributed by atoms with van der Waals surface area (Å²) in [5.41, 5.74) is 1.36. The normalized spacial score (nSPS) is 16.7. The van der Waals surface area contributed by atoms with E-state index in [1.165, 1.54) is 18.2 Å². The molecule has 1 aliphatic rings. The lowest BCUT2D eigenvalue weighted by atomic mass is 10.1. The standard InChI is InChI=1S/C17H12ClF3O2/c1-10-4-2-3-5-13(10)22-15-9-14-11(8-12(15)18)6-7-16(23-14)17(19,20)21/h2-9,16H,1H3/t16-/m1/s1. The van der Waals surface area contributed by atoms with Crippen molar-refractivity contribution in [3.05, 3.63) is 58.6 Å². The maximum absolute atomic E-state index is 12.8. The first kappa shape index (κ1) is 15.7. The molecule has 23 heavy (non-hydrogen) atoms. The van der Waals surface area contributed by atoms with Crippen LogP contribution in [-0.4, -0.2) is 12.3 Å². The van der Waals surface area contributed by atoms with Gasteiger partial charge in [0.15, 0.2) is 0 Å². The van der Waals surface area contributed by atoms with Crippen molar-refractivity contribution in [2.24, 2.45) is 0 Å². The van der Waals surface area contributed by atoms with Gasteiger partial charge in [-0.25, -0.2) is 0 Å². The van der Waals surface area contributed by atoms with E-state index in [1.807, 2.05) is 19.1 Å². The number of alkyl halides is 3. The Kier molecular flexibility index (Phi) is 3.98. The summed E-state index contributed by atoms with van der Waals surface area (Å²) in [6.45, 7) is 1.86. The highest BCUT2D eigenvalue weighted by molar-refractivity contribution is 6.32.